The number of carbonyl (C=O) groups is 3. The SMILES string of the molecule is CC(NC(=O)c1ccccc1Cl)C(=O)NCC(=O)OCc1ccccc1. The molecule has 0 bridgehead atoms. The first-order valence-corrected chi connectivity index (χ1v) is 8.38. The average Bonchev–Trinajstić information content (AvgIpc) is 2.65. The maximum Gasteiger partial charge on any atom is 0.325 e. The second kappa shape index (κ2) is 9.58. The van der Waals surface area contributed by atoms with Gasteiger partial charge in [0.1, 0.15) is 19.2 Å². The van der Waals surface area contributed by atoms with Crippen molar-refractivity contribution >= 4 is 29.4 Å². The third kappa shape index (κ3) is 5.89. The highest BCUT2D eigenvalue weighted by atomic mass is 35.5. The lowest BCUT2D eigenvalue weighted by Gasteiger charge is -2.14. The van der Waals surface area contributed by atoms with Crippen LogP contribution in [0, 0.1) is 0 Å². The summed E-state index contributed by atoms with van der Waals surface area (Å²) in [5.74, 6) is -1.53. The molecule has 1 unspecified atom stereocenters. The molecule has 2 aromatic rings. The molecule has 0 aliphatic heterocycles. The zero-order valence-electron chi connectivity index (χ0n) is 14.2. The lowest BCUT2D eigenvalue weighted by Crippen LogP contribution is -2.46. The molecule has 7 heteroatoms. The van der Waals surface area contributed by atoms with E-state index in [0.29, 0.717) is 5.02 Å². The van der Waals surface area contributed by atoms with E-state index < -0.39 is 23.8 Å². The predicted molar refractivity (Wildman–Crippen MR) is 97.6 cm³/mol. The summed E-state index contributed by atoms with van der Waals surface area (Å²) in [6, 6.07) is 14.9. The number of carbonyl (C=O) groups excluding carboxylic acids is 3. The molecule has 0 aliphatic rings. The Morgan fingerprint density at radius 1 is 1.04 bits per heavy atom. The molecule has 0 fully saturated rings. The molecule has 0 spiro atoms. The Morgan fingerprint density at radius 3 is 2.38 bits per heavy atom. The summed E-state index contributed by atoms with van der Waals surface area (Å²) in [7, 11) is 0. The van der Waals surface area contributed by atoms with Crippen LogP contribution in [0.5, 0.6) is 0 Å². The fourth-order valence-electron chi connectivity index (χ4n) is 2.09. The van der Waals surface area contributed by atoms with Gasteiger partial charge in [-0.2, -0.15) is 0 Å². The standard InChI is InChI=1S/C19H19ClN2O4/c1-13(22-19(25)15-9-5-6-10-16(15)20)18(24)21-11-17(23)26-12-14-7-3-2-4-8-14/h2-10,13H,11-12H2,1H3,(H,21,24)(H,22,25). The highest BCUT2D eigenvalue weighted by Crippen LogP contribution is 2.14. The first kappa shape index (κ1) is 19.5. The molecule has 26 heavy (non-hydrogen) atoms. The Kier molecular flexibility index (Phi) is 7.17. The molecule has 1 atom stereocenters. The summed E-state index contributed by atoms with van der Waals surface area (Å²) in [5, 5.41) is 5.25. The fraction of sp³-hybridized carbons (Fsp3) is 0.211. The topological polar surface area (TPSA) is 84.5 Å². The maximum atomic E-state index is 12.1. The van der Waals surface area contributed by atoms with Gasteiger partial charge in [0.05, 0.1) is 10.6 Å². The van der Waals surface area contributed by atoms with E-state index in [9.17, 15) is 14.4 Å². The van der Waals surface area contributed by atoms with Gasteiger partial charge in [-0.15, -0.1) is 0 Å². The molecule has 6 nitrogen and oxygen atoms in total. The number of nitrogens with one attached hydrogen (secondary N) is 2. The lowest BCUT2D eigenvalue weighted by atomic mass is 10.2. The van der Waals surface area contributed by atoms with Crippen molar-refractivity contribution < 1.29 is 19.1 Å². The van der Waals surface area contributed by atoms with E-state index >= 15 is 0 Å². The number of benzene rings is 2. The Labute approximate surface area is 156 Å². The normalized spacial score (nSPS) is 11.3. The summed E-state index contributed by atoms with van der Waals surface area (Å²) in [6.45, 7) is 1.37. The number of halogens is 1. The molecule has 0 heterocycles. The zero-order chi connectivity index (χ0) is 18.9. The van der Waals surface area contributed by atoms with Crippen molar-refractivity contribution in [2.75, 3.05) is 6.54 Å². The van der Waals surface area contributed by atoms with Crippen LogP contribution < -0.4 is 10.6 Å². The van der Waals surface area contributed by atoms with Gasteiger partial charge in [-0.3, -0.25) is 14.4 Å². The van der Waals surface area contributed by atoms with Crippen LogP contribution in [0.1, 0.15) is 22.8 Å². The van der Waals surface area contributed by atoms with Gasteiger partial charge in [-0.25, -0.2) is 0 Å². The van der Waals surface area contributed by atoms with Crippen molar-refractivity contribution in [2.24, 2.45) is 0 Å². The van der Waals surface area contributed by atoms with Crippen LogP contribution in [-0.2, 0) is 20.9 Å². The van der Waals surface area contributed by atoms with E-state index in [4.69, 9.17) is 16.3 Å². The van der Waals surface area contributed by atoms with E-state index in [1.54, 1.807) is 24.3 Å². The number of hydrogen-bond donors (Lipinski definition) is 2. The van der Waals surface area contributed by atoms with Crippen LogP contribution in [0.25, 0.3) is 0 Å². The summed E-state index contributed by atoms with van der Waals surface area (Å²) in [4.78, 5) is 35.8. The number of hydrogen-bond acceptors (Lipinski definition) is 4. The van der Waals surface area contributed by atoms with Crippen molar-refractivity contribution in [3.05, 3.63) is 70.7 Å². The van der Waals surface area contributed by atoms with Crippen LogP contribution in [-0.4, -0.2) is 30.4 Å². The second-order valence-corrected chi connectivity index (χ2v) is 5.95. The fourth-order valence-corrected chi connectivity index (χ4v) is 2.31. The Hall–Kier alpha value is -2.86. The van der Waals surface area contributed by atoms with Gasteiger partial charge in [0.15, 0.2) is 0 Å². The molecule has 136 valence electrons. The van der Waals surface area contributed by atoms with Gasteiger partial charge in [-0.05, 0) is 24.6 Å². The Balaban J connectivity index is 1.75. The van der Waals surface area contributed by atoms with Crippen LogP contribution in [0.2, 0.25) is 5.02 Å². The Bertz CT molecular complexity index is 780. The smallest absolute Gasteiger partial charge is 0.325 e. The molecule has 2 N–H and O–H groups in total. The minimum Gasteiger partial charge on any atom is -0.460 e. The van der Waals surface area contributed by atoms with E-state index in [0.717, 1.165) is 5.56 Å². The van der Waals surface area contributed by atoms with Gasteiger partial charge < -0.3 is 15.4 Å². The molecule has 0 saturated heterocycles. The van der Waals surface area contributed by atoms with Gasteiger partial charge >= 0.3 is 5.97 Å². The van der Waals surface area contributed by atoms with Crippen molar-refractivity contribution in [1.29, 1.82) is 0 Å². The second-order valence-electron chi connectivity index (χ2n) is 5.54. The number of rotatable bonds is 7. The van der Waals surface area contributed by atoms with Crippen LogP contribution in [0.3, 0.4) is 0 Å². The van der Waals surface area contributed by atoms with Crippen LogP contribution in [0.4, 0.5) is 0 Å². The summed E-state index contributed by atoms with van der Waals surface area (Å²) in [6.07, 6.45) is 0. The minimum absolute atomic E-state index is 0.133. The van der Waals surface area contributed by atoms with Crippen molar-refractivity contribution in [1.82, 2.24) is 10.6 Å². The largest absolute Gasteiger partial charge is 0.460 e. The first-order chi connectivity index (χ1) is 12.5. The quantitative estimate of drug-likeness (QED) is 0.728. The molecule has 0 aliphatic carbocycles. The van der Waals surface area contributed by atoms with Gasteiger partial charge in [0.25, 0.3) is 5.91 Å². The van der Waals surface area contributed by atoms with Crippen LogP contribution >= 0.6 is 11.6 Å². The van der Waals surface area contributed by atoms with Gasteiger partial charge in [0.2, 0.25) is 5.91 Å². The monoisotopic (exact) mass is 374 g/mol. The molecule has 2 aromatic carbocycles. The Morgan fingerprint density at radius 2 is 1.69 bits per heavy atom. The van der Waals surface area contributed by atoms with Gasteiger partial charge in [0, 0.05) is 0 Å². The van der Waals surface area contributed by atoms with E-state index in [-0.39, 0.29) is 18.7 Å². The minimum atomic E-state index is -0.833. The highest BCUT2D eigenvalue weighted by Gasteiger charge is 2.18. The average molecular weight is 375 g/mol. The third-order valence-corrected chi connectivity index (χ3v) is 3.84. The van der Waals surface area contributed by atoms with E-state index in [1.807, 2.05) is 30.3 Å². The third-order valence-electron chi connectivity index (χ3n) is 3.51. The zero-order valence-corrected chi connectivity index (χ0v) is 15.0. The van der Waals surface area contributed by atoms with Crippen LogP contribution in [0.15, 0.2) is 54.6 Å². The molecule has 0 saturated carbocycles. The number of amides is 2. The summed E-state index contributed by atoms with van der Waals surface area (Å²) in [5.41, 5.74) is 1.13. The molecule has 2 amide bonds. The lowest BCUT2D eigenvalue weighted by molar-refractivity contribution is -0.145. The van der Waals surface area contributed by atoms with Crippen molar-refractivity contribution in [2.45, 2.75) is 19.6 Å². The summed E-state index contributed by atoms with van der Waals surface area (Å²) >= 11 is 5.95. The molecular weight excluding hydrogens is 356 g/mol. The molecular formula is C19H19ClN2O4. The van der Waals surface area contributed by atoms with E-state index in [1.165, 1.54) is 6.92 Å². The van der Waals surface area contributed by atoms with Gasteiger partial charge in [-0.1, -0.05) is 54.1 Å². The molecule has 0 radical (unpaired) electrons. The number of esters is 1. The molecule has 2 rings (SSSR count). The molecule has 0 aromatic heterocycles. The highest BCUT2D eigenvalue weighted by molar-refractivity contribution is 6.33. The maximum absolute atomic E-state index is 12.1. The first-order valence-electron chi connectivity index (χ1n) is 8.00. The van der Waals surface area contributed by atoms with E-state index in [2.05, 4.69) is 10.6 Å². The predicted octanol–water partition coefficient (Wildman–Crippen LogP) is 2.32. The number of ether oxygens (including phenoxy) is 1. The van der Waals surface area contributed by atoms with Crippen molar-refractivity contribution in [3.8, 4) is 0 Å². The summed E-state index contributed by atoms with van der Waals surface area (Å²) < 4.78 is 5.07. The van der Waals surface area contributed by atoms with Crippen molar-refractivity contribution in [3.63, 3.8) is 0 Å².